The van der Waals surface area contributed by atoms with Crippen LogP contribution < -0.4 is 5.32 Å². The number of hydrogen-bond acceptors (Lipinski definition) is 3. The van der Waals surface area contributed by atoms with E-state index in [4.69, 9.17) is 4.74 Å². The van der Waals surface area contributed by atoms with Crippen LogP contribution in [0.5, 0.6) is 0 Å². The highest BCUT2D eigenvalue weighted by molar-refractivity contribution is 4.63. The van der Waals surface area contributed by atoms with Gasteiger partial charge in [-0.2, -0.15) is 0 Å². The molecular formula is C10H24N2O. The van der Waals surface area contributed by atoms with Crippen molar-refractivity contribution in [3.63, 3.8) is 0 Å². The highest BCUT2D eigenvalue weighted by Crippen LogP contribution is 1.93. The van der Waals surface area contributed by atoms with Gasteiger partial charge in [0.1, 0.15) is 0 Å². The number of nitrogens with one attached hydrogen (secondary N) is 1. The summed E-state index contributed by atoms with van der Waals surface area (Å²) in [6.45, 7) is 8.45. The summed E-state index contributed by atoms with van der Waals surface area (Å²) in [6.07, 6.45) is 1.21. The number of hydrogen-bond donors (Lipinski definition) is 1. The van der Waals surface area contributed by atoms with E-state index < -0.39 is 0 Å². The number of likely N-dealkylation sites (N-methyl/N-ethyl adjacent to an activating group) is 1. The molecule has 0 radical (unpaired) electrons. The molecule has 0 rings (SSSR count). The van der Waals surface area contributed by atoms with Gasteiger partial charge in [0, 0.05) is 26.2 Å². The first-order chi connectivity index (χ1) is 6.22. The van der Waals surface area contributed by atoms with E-state index in [9.17, 15) is 0 Å². The molecule has 1 N–H and O–H groups in total. The fraction of sp³-hybridized carbons (Fsp3) is 1.00. The van der Waals surface area contributed by atoms with Crippen molar-refractivity contribution in [1.29, 1.82) is 0 Å². The Bertz CT molecular complexity index is 109. The Hall–Kier alpha value is -0.120. The summed E-state index contributed by atoms with van der Waals surface area (Å²) in [7, 11) is 3.89. The van der Waals surface area contributed by atoms with Crippen LogP contribution in [0, 0.1) is 0 Å². The van der Waals surface area contributed by atoms with Crippen LogP contribution in [0.4, 0.5) is 0 Å². The SMILES string of the molecule is CCCNCCN(C)C(C)COC. The molecule has 3 nitrogen and oxygen atoms in total. The van der Waals surface area contributed by atoms with Crippen LogP contribution in [0.2, 0.25) is 0 Å². The number of nitrogens with zero attached hydrogens (tertiary/aromatic N) is 1. The summed E-state index contributed by atoms with van der Waals surface area (Å²) in [5.41, 5.74) is 0. The molecule has 80 valence electrons. The van der Waals surface area contributed by atoms with Crippen LogP contribution >= 0.6 is 0 Å². The second-order valence-electron chi connectivity index (χ2n) is 3.53. The van der Waals surface area contributed by atoms with Crippen molar-refractivity contribution in [1.82, 2.24) is 10.2 Å². The first kappa shape index (κ1) is 12.9. The lowest BCUT2D eigenvalue weighted by Gasteiger charge is -2.23. The molecule has 0 aromatic rings. The Balaban J connectivity index is 3.32. The molecule has 0 saturated heterocycles. The Morgan fingerprint density at radius 1 is 1.38 bits per heavy atom. The molecule has 0 aliphatic rings. The lowest BCUT2D eigenvalue weighted by molar-refractivity contribution is 0.116. The van der Waals surface area contributed by atoms with Gasteiger partial charge in [-0.25, -0.2) is 0 Å². The summed E-state index contributed by atoms with van der Waals surface area (Å²) in [6, 6.07) is 0.508. The molecular weight excluding hydrogens is 164 g/mol. The van der Waals surface area contributed by atoms with Crippen molar-refractivity contribution < 1.29 is 4.74 Å². The molecule has 1 atom stereocenters. The first-order valence-electron chi connectivity index (χ1n) is 5.12. The van der Waals surface area contributed by atoms with Crippen LogP contribution in [-0.4, -0.2) is 51.3 Å². The molecule has 0 heterocycles. The van der Waals surface area contributed by atoms with Crippen LogP contribution in [-0.2, 0) is 4.74 Å². The Labute approximate surface area is 82.4 Å². The van der Waals surface area contributed by atoms with E-state index >= 15 is 0 Å². The molecule has 0 amide bonds. The Morgan fingerprint density at radius 2 is 2.08 bits per heavy atom. The Morgan fingerprint density at radius 3 is 2.62 bits per heavy atom. The maximum Gasteiger partial charge on any atom is 0.0615 e. The van der Waals surface area contributed by atoms with E-state index in [1.807, 2.05) is 0 Å². The van der Waals surface area contributed by atoms with Crippen LogP contribution in [0.25, 0.3) is 0 Å². The van der Waals surface area contributed by atoms with E-state index in [0.717, 1.165) is 26.2 Å². The number of ether oxygens (including phenoxy) is 1. The van der Waals surface area contributed by atoms with E-state index in [1.54, 1.807) is 7.11 Å². The molecule has 0 aromatic heterocycles. The zero-order valence-corrected chi connectivity index (χ0v) is 9.47. The van der Waals surface area contributed by atoms with Crippen molar-refractivity contribution in [2.45, 2.75) is 26.3 Å². The van der Waals surface area contributed by atoms with Gasteiger partial charge in [0.05, 0.1) is 6.61 Å². The summed E-state index contributed by atoms with van der Waals surface area (Å²) in [5, 5.41) is 3.38. The minimum Gasteiger partial charge on any atom is -0.383 e. The molecule has 13 heavy (non-hydrogen) atoms. The normalized spacial score (nSPS) is 13.6. The Kier molecular flexibility index (Phi) is 8.40. The monoisotopic (exact) mass is 188 g/mol. The second-order valence-corrected chi connectivity index (χ2v) is 3.53. The van der Waals surface area contributed by atoms with Crippen molar-refractivity contribution >= 4 is 0 Å². The minimum absolute atomic E-state index is 0.508. The van der Waals surface area contributed by atoms with Gasteiger partial charge in [0.2, 0.25) is 0 Å². The molecule has 0 saturated carbocycles. The van der Waals surface area contributed by atoms with Gasteiger partial charge in [-0.05, 0) is 26.9 Å². The van der Waals surface area contributed by atoms with E-state index in [2.05, 4.69) is 31.1 Å². The quantitative estimate of drug-likeness (QED) is 0.574. The zero-order chi connectivity index (χ0) is 10.1. The predicted molar refractivity (Wildman–Crippen MR) is 57.1 cm³/mol. The van der Waals surface area contributed by atoms with E-state index in [0.29, 0.717) is 6.04 Å². The third-order valence-corrected chi connectivity index (χ3v) is 2.23. The second kappa shape index (κ2) is 8.48. The number of methoxy groups -OCH3 is 1. The highest BCUT2D eigenvalue weighted by Gasteiger charge is 2.06. The zero-order valence-electron chi connectivity index (χ0n) is 9.47. The maximum absolute atomic E-state index is 5.09. The average Bonchev–Trinajstić information content (AvgIpc) is 2.12. The lowest BCUT2D eigenvalue weighted by Crippen LogP contribution is -2.37. The molecule has 0 fully saturated rings. The molecule has 0 aliphatic carbocycles. The van der Waals surface area contributed by atoms with Crippen molar-refractivity contribution in [2.24, 2.45) is 0 Å². The molecule has 0 aliphatic heterocycles. The number of rotatable bonds is 8. The molecule has 1 unspecified atom stereocenters. The fourth-order valence-electron chi connectivity index (χ4n) is 1.15. The maximum atomic E-state index is 5.09. The van der Waals surface area contributed by atoms with Crippen LogP contribution in [0.1, 0.15) is 20.3 Å². The smallest absolute Gasteiger partial charge is 0.0615 e. The van der Waals surface area contributed by atoms with Gasteiger partial charge >= 0.3 is 0 Å². The summed E-state index contributed by atoms with van der Waals surface area (Å²) in [4.78, 5) is 2.31. The standard InChI is InChI=1S/C10H24N2O/c1-5-6-11-7-8-12(3)10(2)9-13-4/h10-11H,5-9H2,1-4H3. The third-order valence-electron chi connectivity index (χ3n) is 2.23. The predicted octanol–water partition coefficient (Wildman–Crippen LogP) is 0.953. The van der Waals surface area contributed by atoms with Gasteiger partial charge in [-0.3, -0.25) is 0 Å². The average molecular weight is 188 g/mol. The summed E-state index contributed by atoms with van der Waals surface area (Å²) < 4.78 is 5.09. The van der Waals surface area contributed by atoms with Crippen LogP contribution in [0.3, 0.4) is 0 Å². The summed E-state index contributed by atoms with van der Waals surface area (Å²) in [5.74, 6) is 0. The summed E-state index contributed by atoms with van der Waals surface area (Å²) >= 11 is 0. The molecule has 0 aromatic carbocycles. The molecule has 0 spiro atoms. The lowest BCUT2D eigenvalue weighted by atomic mass is 10.3. The van der Waals surface area contributed by atoms with Gasteiger partial charge in [0.15, 0.2) is 0 Å². The van der Waals surface area contributed by atoms with Crippen molar-refractivity contribution in [3.05, 3.63) is 0 Å². The van der Waals surface area contributed by atoms with Gasteiger partial charge in [-0.15, -0.1) is 0 Å². The van der Waals surface area contributed by atoms with Gasteiger partial charge in [-0.1, -0.05) is 6.92 Å². The largest absolute Gasteiger partial charge is 0.383 e. The third kappa shape index (κ3) is 6.99. The van der Waals surface area contributed by atoms with Gasteiger partial charge in [0.25, 0.3) is 0 Å². The highest BCUT2D eigenvalue weighted by atomic mass is 16.5. The van der Waals surface area contributed by atoms with Gasteiger partial charge < -0.3 is 15.0 Å². The van der Waals surface area contributed by atoms with E-state index in [1.165, 1.54) is 6.42 Å². The topological polar surface area (TPSA) is 24.5 Å². The van der Waals surface area contributed by atoms with Crippen molar-refractivity contribution in [3.8, 4) is 0 Å². The minimum atomic E-state index is 0.508. The molecule has 3 heteroatoms. The molecule has 0 bridgehead atoms. The van der Waals surface area contributed by atoms with Crippen LogP contribution in [0.15, 0.2) is 0 Å². The fourth-order valence-corrected chi connectivity index (χ4v) is 1.15. The van der Waals surface area contributed by atoms with E-state index in [-0.39, 0.29) is 0 Å². The van der Waals surface area contributed by atoms with Crippen molar-refractivity contribution in [2.75, 3.05) is 40.4 Å². The first-order valence-corrected chi connectivity index (χ1v) is 5.12.